The van der Waals surface area contributed by atoms with Gasteiger partial charge in [0.25, 0.3) is 0 Å². The van der Waals surface area contributed by atoms with Crippen LogP contribution in [0, 0.1) is 13.8 Å². The number of hydrogen-bond donors (Lipinski definition) is 1. The largest absolute Gasteiger partial charge is 0.361 e. The molecule has 124 valence electrons. The van der Waals surface area contributed by atoms with Crippen LogP contribution in [0.5, 0.6) is 0 Å². The minimum Gasteiger partial charge on any atom is -0.361 e. The normalized spacial score (nSPS) is 17.8. The molecule has 5 nitrogen and oxygen atoms in total. The number of aromatic nitrogens is 1. The van der Waals surface area contributed by atoms with Crippen molar-refractivity contribution in [3.05, 3.63) is 17.0 Å². The third kappa shape index (κ3) is 3.81. The molecular weight excluding hydrogens is 278 g/mol. The summed E-state index contributed by atoms with van der Waals surface area (Å²) in [5, 5.41) is 7.15. The summed E-state index contributed by atoms with van der Waals surface area (Å²) in [6.45, 7) is 5.90. The van der Waals surface area contributed by atoms with Gasteiger partial charge in [0.15, 0.2) is 0 Å². The van der Waals surface area contributed by atoms with Gasteiger partial charge in [0, 0.05) is 18.7 Å². The molecule has 2 rings (SSSR count). The van der Waals surface area contributed by atoms with Crippen molar-refractivity contribution in [3.8, 4) is 0 Å². The van der Waals surface area contributed by atoms with E-state index in [2.05, 4.69) is 17.4 Å². The van der Waals surface area contributed by atoms with Crippen LogP contribution >= 0.6 is 0 Å². The molecule has 1 fully saturated rings. The Labute approximate surface area is 133 Å². The lowest BCUT2D eigenvalue weighted by Gasteiger charge is -2.29. The van der Waals surface area contributed by atoms with E-state index in [9.17, 15) is 4.79 Å². The quantitative estimate of drug-likeness (QED) is 0.852. The van der Waals surface area contributed by atoms with Gasteiger partial charge in [0.05, 0.1) is 11.7 Å². The number of carbonyl (C=O) groups excluding carboxylic acids is 1. The van der Waals surface area contributed by atoms with Crippen molar-refractivity contribution in [2.24, 2.45) is 0 Å². The van der Waals surface area contributed by atoms with E-state index >= 15 is 0 Å². The number of urea groups is 1. The molecule has 1 unspecified atom stereocenters. The van der Waals surface area contributed by atoms with Crippen LogP contribution < -0.4 is 5.32 Å². The zero-order valence-electron chi connectivity index (χ0n) is 14.3. The van der Waals surface area contributed by atoms with Gasteiger partial charge in [-0.25, -0.2) is 4.79 Å². The minimum absolute atomic E-state index is 0.0127. The lowest BCUT2D eigenvalue weighted by atomic mass is 10.0. The Bertz CT molecular complexity index is 471. The van der Waals surface area contributed by atoms with Gasteiger partial charge in [-0.05, 0) is 33.1 Å². The highest BCUT2D eigenvalue weighted by atomic mass is 16.5. The summed E-state index contributed by atoms with van der Waals surface area (Å²) < 4.78 is 5.24. The first-order chi connectivity index (χ1) is 10.5. The SMILES string of the molecule is CCC(NC(=O)N(C)C1CCCCCC1)c1c(C)noc1C. The van der Waals surface area contributed by atoms with Gasteiger partial charge in [-0.3, -0.25) is 0 Å². The summed E-state index contributed by atoms with van der Waals surface area (Å²) in [6.07, 6.45) is 8.10. The predicted octanol–water partition coefficient (Wildman–Crippen LogP) is 4.11. The number of amides is 2. The van der Waals surface area contributed by atoms with Gasteiger partial charge < -0.3 is 14.7 Å². The highest BCUT2D eigenvalue weighted by Crippen LogP contribution is 2.25. The van der Waals surface area contributed by atoms with Crippen LogP contribution in [0.2, 0.25) is 0 Å². The van der Waals surface area contributed by atoms with Crippen molar-refractivity contribution in [3.63, 3.8) is 0 Å². The highest BCUT2D eigenvalue weighted by Gasteiger charge is 2.25. The molecule has 0 bridgehead atoms. The van der Waals surface area contributed by atoms with E-state index in [1.165, 1.54) is 25.7 Å². The topological polar surface area (TPSA) is 58.4 Å². The van der Waals surface area contributed by atoms with Crippen LogP contribution in [0.1, 0.15) is 74.9 Å². The molecule has 1 aliphatic carbocycles. The second-order valence-electron chi connectivity index (χ2n) is 6.40. The molecule has 0 saturated heterocycles. The molecule has 1 aliphatic rings. The average Bonchev–Trinajstić information content (AvgIpc) is 2.74. The predicted molar refractivity (Wildman–Crippen MR) is 86.8 cm³/mol. The fourth-order valence-electron chi connectivity index (χ4n) is 3.43. The molecule has 1 heterocycles. The van der Waals surface area contributed by atoms with Crippen molar-refractivity contribution in [2.75, 3.05) is 7.05 Å². The molecule has 1 atom stereocenters. The standard InChI is InChI=1S/C17H29N3O2/c1-5-15(16-12(2)19-22-13(16)3)18-17(21)20(4)14-10-8-6-7-9-11-14/h14-15H,5-11H2,1-4H3,(H,18,21). The van der Waals surface area contributed by atoms with Gasteiger partial charge in [-0.1, -0.05) is 37.8 Å². The van der Waals surface area contributed by atoms with E-state index in [-0.39, 0.29) is 12.1 Å². The Morgan fingerprint density at radius 3 is 2.45 bits per heavy atom. The van der Waals surface area contributed by atoms with Crippen LogP contribution in [0.4, 0.5) is 4.79 Å². The summed E-state index contributed by atoms with van der Waals surface area (Å²) in [7, 11) is 1.92. The maximum Gasteiger partial charge on any atom is 0.317 e. The van der Waals surface area contributed by atoms with Gasteiger partial charge in [0.2, 0.25) is 0 Å². The molecule has 0 aromatic carbocycles. The minimum atomic E-state index is -0.0352. The van der Waals surface area contributed by atoms with Gasteiger partial charge in [0.1, 0.15) is 5.76 Å². The van der Waals surface area contributed by atoms with E-state index in [0.717, 1.165) is 36.3 Å². The van der Waals surface area contributed by atoms with Crippen molar-refractivity contribution in [1.29, 1.82) is 0 Å². The van der Waals surface area contributed by atoms with Crippen molar-refractivity contribution < 1.29 is 9.32 Å². The van der Waals surface area contributed by atoms with Gasteiger partial charge >= 0.3 is 6.03 Å². The zero-order valence-corrected chi connectivity index (χ0v) is 14.3. The molecule has 1 aromatic rings. The second-order valence-corrected chi connectivity index (χ2v) is 6.40. The molecule has 22 heavy (non-hydrogen) atoms. The number of carbonyl (C=O) groups is 1. The summed E-state index contributed by atoms with van der Waals surface area (Å²) in [6, 6.07) is 0.343. The van der Waals surface area contributed by atoms with E-state index in [0.29, 0.717) is 6.04 Å². The molecule has 1 aromatic heterocycles. The monoisotopic (exact) mass is 307 g/mol. The van der Waals surface area contributed by atoms with Crippen LogP contribution in [0.15, 0.2) is 4.52 Å². The smallest absolute Gasteiger partial charge is 0.317 e. The molecule has 1 saturated carbocycles. The molecule has 0 aliphatic heterocycles. The van der Waals surface area contributed by atoms with Crippen LogP contribution in [0.3, 0.4) is 0 Å². The van der Waals surface area contributed by atoms with Crippen LogP contribution in [0.25, 0.3) is 0 Å². The van der Waals surface area contributed by atoms with E-state index in [1.807, 2.05) is 25.8 Å². The molecule has 2 amide bonds. The van der Waals surface area contributed by atoms with Gasteiger partial charge in [-0.2, -0.15) is 0 Å². The first-order valence-electron chi connectivity index (χ1n) is 8.50. The fraction of sp³-hybridized carbons (Fsp3) is 0.765. The first-order valence-corrected chi connectivity index (χ1v) is 8.50. The van der Waals surface area contributed by atoms with E-state index < -0.39 is 0 Å². The van der Waals surface area contributed by atoms with Crippen LogP contribution in [-0.2, 0) is 0 Å². The lowest BCUT2D eigenvalue weighted by molar-refractivity contribution is 0.179. The second kappa shape index (κ2) is 7.65. The Morgan fingerprint density at radius 1 is 1.32 bits per heavy atom. The number of hydrogen-bond acceptors (Lipinski definition) is 3. The molecule has 1 N–H and O–H groups in total. The molecule has 0 radical (unpaired) electrons. The maximum atomic E-state index is 12.6. The Hall–Kier alpha value is -1.52. The van der Waals surface area contributed by atoms with Crippen molar-refractivity contribution in [1.82, 2.24) is 15.4 Å². The van der Waals surface area contributed by atoms with Crippen LogP contribution in [-0.4, -0.2) is 29.2 Å². The third-order valence-corrected chi connectivity index (χ3v) is 4.84. The third-order valence-electron chi connectivity index (χ3n) is 4.84. The number of aryl methyl sites for hydroxylation is 2. The van der Waals surface area contributed by atoms with Crippen molar-refractivity contribution in [2.45, 2.75) is 77.8 Å². The average molecular weight is 307 g/mol. The molecule has 5 heteroatoms. The highest BCUT2D eigenvalue weighted by molar-refractivity contribution is 5.74. The maximum absolute atomic E-state index is 12.6. The summed E-state index contributed by atoms with van der Waals surface area (Å²) in [5.74, 6) is 0.793. The number of nitrogens with zero attached hydrogens (tertiary/aromatic N) is 2. The van der Waals surface area contributed by atoms with Gasteiger partial charge in [-0.15, -0.1) is 0 Å². The number of nitrogens with one attached hydrogen (secondary N) is 1. The first kappa shape index (κ1) is 16.8. The summed E-state index contributed by atoms with van der Waals surface area (Å²) in [5.41, 5.74) is 1.88. The summed E-state index contributed by atoms with van der Waals surface area (Å²) in [4.78, 5) is 14.5. The van der Waals surface area contributed by atoms with Crippen molar-refractivity contribution >= 4 is 6.03 Å². The Kier molecular flexibility index (Phi) is 5.86. The fourth-order valence-corrected chi connectivity index (χ4v) is 3.43. The number of rotatable bonds is 4. The molecular formula is C17H29N3O2. The summed E-state index contributed by atoms with van der Waals surface area (Å²) >= 11 is 0. The zero-order chi connectivity index (χ0) is 16.1. The van der Waals surface area contributed by atoms with E-state index in [4.69, 9.17) is 4.52 Å². The Balaban J connectivity index is 2.02. The lowest BCUT2D eigenvalue weighted by Crippen LogP contribution is -2.44. The van der Waals surface area contributed by atoms with E-state index in [1.54, 1.807) is 0 Å². The molecule has 0 spiro atoms. The Morgan fingerprint density at radius 2 is 1.95 bits per heavy atom.